The van der Waals surface area contributed by atoms with Gasteiger partial charge >= 0.3 is 0 Å². The van der Waals surface area contributed by atoms with Gasteiger partial charge in [0.15, 0.2) is 0 Å². The molecule has 0 aromatic heterocycles. The van der Waals surface area contributed by atoms with E-state index in [1.54, 1.807) is 7.11 Å². The molecule has 0 aliphatic carbocycles. The molecule has 2 aromatic carbocycles. The molecule has 0 saturated carbocycles. The standard InChI is InChI=1S/C25H33IN2O2/c1-18(2)24(20-7-9-22(26)10-8-20)27-25(29)21-12-15-28(16-13-21)14-11-19-5-4-6-23(17-19)30-3/h4-10,17-18,21,24H,11-16H2,1-3H3,(H,27,29)/t24-/m1/s1. The van der Waals surface area contributed by atoms with Crippen molar-refractivity contribution in [2.24, 2.45) is 11.8 Å². The van der Waals surface area contributed by atoms with Crippen molar-refractivity contribution in [3.05, 3.63) is 63.2 Å². The van der Waals surface area contributed by atoms with Crippen LogP contribution in [0, 0.1) is 15.4 Å². The molecular formula is C25H33IN2O2. The first-order valence-electron chi connectivity index (χ1n) is 10.9. The van der Waals surface area contributed by atoms with Gasteiger partial charge in [-0.3, -0.25) is 4.79 Å². The van der Waals surface area contributed by atoms with Crippen LogP contribution in [0.1, 0.15) is 43.9 Å². The Morgan fingerprint density at radius 1 is 1.17 bits per heavy atom. The van der Waals surface area contributed by atoms with Gasteiger partial charge in [-0.15, -0.1) is 0 Å². The highest BCUT2D eigenvalue weighted by atomic mass is 127. The monoisotopic (exact) mass is 520 g/mol. The predicted octanol–water partition coefficient (Wildman–Crippen LogP) is 5.07. The lowest BCUT2D eigenvalue weighted by Gasteiger charge is -2.33. The van der Waals surface area contributed by atoms with Crippen LogP contribution in [0.5, 0.6) is 5.75 Å². The highest BCUT2D eigenvalue weighted by Gasteiger charge is 2.27. The molecule has 1 N–H and O–H groups in total. The van der Waals surface area contributed by atoms with Crippen LogP contribution in [0.25, 0.3) is 0 Å². The third kappa shape index (κ3) is 6.45. The van der Waals surface area contributed by atoms with Crippen molar-refractivity contribution in [3.63, 3.8) is 0 Å². The molecule has 0 radical (unpaired) electrons. The summed E-state index contributed by atoms with van der Waals surface area (Å²) in [7, 11) is 1.71. The first-order valence-corrected chi connectivity index (χ1v) is 11.9. The maximum absolute atomic E-state index is 13.0. The van der Waals surface area contributed by atoms with Crippen LogP contribution in [-0.2, 0) is 11.2 Å². The van der Waals surface area contributed by atoms with Crippen LogP contribution in [-0.4, -0.2) is 37.6 Å². The molecule has 4 nitrogen and oxygen atoms in total. The van der Waals surface area contributed by atoms with Crippen LogP contribution in [0.2, 0.25) is 0 Å². The molecule has 1 aliphatic rings. The fourth-order valence-electron chi connectivity index (χ4n) is 4.11. The molecule has 1 aliphatic heterocycles. The van der Waals surface area contributed by atoms with E-state index in [9.17, 15) is 4.79 Å². The minimum absolute atomic E-state index is 0.0700. The second-order valence-electron chi connectivity index (χ2n) is 8.50. The topological polar surface area (TPSA) is 41.6 Å². The predicted molar refractivity (Wildman–Crippen MR) is 131 cm³/mol. The van der Waals surface area contributed by atoms with Crippen LogP contribution in [0.3, 0.4) is 0 Å². The van der Waals surface area contributed by atoms with Gasteiger partial charge in [0, 0.05) is 16.0 Å². The van der Waals surface area contributed by atoms with Crippen molar-refractivity contribution >= 4 is 28.5 Å². The van der Waals surface area contributed by atoms with E-state index < -0.39 is 0 Å². The molecule has 1 saturated heterocycles. The summed E-state index contributed by atoms with van der Waals surface area (Å²) in [4.78, 5) is 15.4. The quantitative estimate of drug-likeness (QED) is 0.495. The van der Waals surface area contributed by atoms with Crippen LogP contribution in [0.15, 0.2) is 48.5 Å². The zero-order valence-electron chi connectivity index (χ0n) is 18.2. The maximum Gasteiger partial charge on any atom is 0.223 e. The fourth-order valence-corrected chi connectivity index (χ4v) is 4.47. The van der Waals surface area contributed by atoms with E-state index in [1.807, 2.05) is 12.1 Å². The summed E-state index contributed by atoms with van der Waals surface area (Å²) in [5, 5.41) is 3.33. The van der Waals surface area contributed by atoms with Crippen LogP contribution < -0.4 is 10.1 Å². The minimum atomic E-state index is 0.0700. The van der Waals surface area contributed by atoms with E-state index in [1.165, 1.54) is 14.7 Å². The average Bonchev–Trinajstić information content (AvgIpc) is 2.77. The Kier molecular flexibility index (Phi) is 8.57. The molecule has 1 atom stereocenters. The maximum atomic E-state index is 13.0. The van der Waals surface area contributed by atoms with Gasteiger partial charge in [0.05, 0.1) is 13.2 Å². The minimum Gasteiger partial charge on any atom is -0.497 e. The van der Waals surface area contributed by atoms with Crippen molar-refractivity contribution in [1.82, 2.24) is 10.2 Å². The summed E-state index contributed by atoms with van der Waals surface area (Å²) < 4.78 is 6.53. The average molecular weight is 520 g/mol. The molecule has 3 rings (SSSR count). The highest BCUT2D eigenvalue weighted by molar-refractivity contribution is 14.1. The highest BCUT2D eigenvalue weighted by Crippen LogP contribution is 2.25. The number of piperidine rings is 1. The SMILES string of the molecule is COc1cccc(CCN2CCC(C(=O)N[C@@H](c3ccc(I)cc3)C(C)C)CC2)c1. The Hall–Kier alpha value is -1.60. The molecule has 2 aromatic rings. The number of nitrogens with one attached hydrogen (secondary N) is 1. The van der Waals surface area contributed by atoms with Gasteiger partial charge < -0.3 is 15.0 Å². The van der Waals surface area contributed by atoms with Crippen LogP contribution in [0.4, 0.5) is 0 Å². The number of benzene rings is 2. The second kappa shape index (κ2) is 11.1. The summed E-state index contributed by atoms with van der Waals surface area (Å²) >= 11 is 2.32. The second-order valence-corrected chi connectivity index (χ2v) is 9.74. The number of rotatable bonds is 8. The molecule has 162 valence electrons. The molecule has 0 spiro atoms. The van der Waals surface area contributed by atoms with Gasteiger partial charge in [-0.1, -0.05) is 38.1 Å². The summed E-state index contributed by atoms with van der Waals surface area (Å²) in [6, 6.07) is 16.8. The number of methoxy groups -OCH3 is 1. The van der Waals surface area contributed by atoms with E-state index in [0.717, 1.165) is 44.6 Å². The zero-order valence-corrected chi connectivity index (χ0v) is 20.4. The number of carbonyl (C=O) groups excluding carboxylic acids is 1. The summed E-state index contributed by atoms with van der Waals surface area (Å²) in [5.74, 6) is 1.59. The lowest BCUT2D eigenvalue weighted by Crippen LogP contribution is -2.42. The van der Waals surface area contributed by atoms with Gasteiger partial charge in [-0.25, -0.2) is 0 Å². The van der Waals surface area contributed by atoms with Gasteiger partial charge in [0.2, 0.25) is 5.91 Å². The first-order chi connectivity index (χ1) is 14.5. The molecule has 1 heterocycles. The van der Waals surface area contributed by atoms with Gasteiger partial charge in [0.25, 0.3) is 0 Å². The zero-order chi connectivity index (χ0) is 21.5. The summed E-state index contributed by atoms with van der Waals surface area (Å²) in [5.41, 5.74) is 2.49. The Balaban J connectivity index is 1.48. The third-order valence-electron chi connectivity index (χ3n) is 6.00. The number of nitrogens with zero attached hydrogens (tertiary/aromatic N) is 1. The van der Waals surface area contributed by atoms with Crippen LogP contribution >= 0.6 is 22.6 Å². The van der Waals surface area contributed by atoms with Crippen molar-refractivity contribution < 1.29 is 9.53 Å². The van der Waals surface area contributed by atoms with E-state index in [0.29, 0.717) is 5.92 Å². The number of hydrogen-bond acceptors (Lipinski definition) is 3. The van der Waals surface area contributed by atoms with Gasteiger partial charge in [-0.2, -0.15) is 0 Å². The lowest BCUT2D eigenvalue weighted by molar-refractivity contribution is -0.127. The Bertz CT molecular complexity index is 814. The molecule has 5 heteroatoms. The molecule has 30 heavy (non-hydrogen) atoms. The Morgan fingerprint density at radius 3 is 2.50 bits per heavy atom. The number of hydrogen-bond donors (Lipinski definition) is 1. The van der Waals surface area contributed by atoms with Crippen molar-refractivity contribution in [2.75, 3.05) is 26.7 Å². The Labute approximate surface area is 194 Å². The summed E-state index contributed by atoms with van der Waals surface area (Å²) in [6.45, 7) is 7.34. The largest absolute Gasteiger partial charge is 0.497 e. The number of likely N-dealkylation sites (tertiary alicyclic amines) is 1. The van der Waals surface area contributed by atoms with E-state index in [-0.39, 0.29) is 17.9 Å². The number of ether oxygens (including phenoxy) is 1. The number of halogens is 1. The first kappa shape index (κ1) is 23.1. The fraction of sp³-hybridized carbons (Fsp3) is 0.480. The van der Waals surface area contributed by atoms with Gasteiger partial charge in [0.1, 0.15) is 5.75 Å². The molecule has 1 fully saturated rings. The smallest absolute Gasteiger partial charge is 0.223 e. The van der Waals surface area contributed by atoms with E-state index >= 15 is 0 Å². The van der Waals surface area contributed by atoms with E-state index in [2.05, 4.69) is 83.1 Å². The third-order valence-corrected chi connectivity index (χ3v) is 6.72. The van der Waals surface area contributed by atoms with Crippen molar-refractivity contribution in [3.8, 4) is 5.75 Å². The van der Waals surface area contributed by atoms with Crippen molar-refractivity contribution in [1.29, 1.82) is 0 Å². The van der Waals surface area contributed by atoms with E-state index in [4.69, 9.17) is 4.74 Å². The molecule has 0 bridgehead atoms. The normalized spacial score (nSPS) is 16.4. The lowest BCUT2D eigenvalue weighted by atomic mass is 9.92. The summed E-state index contributed by atoms with van der Waals surface area (Å²) in [6.07, 6.45) is 2.87. The molecule has 0 unspecified atom stereocenters. The Morgan fingerprint density at radius 2 is 1.87 bits per heavy atom. The van der Waals surface area contributed by atoms with Crippen molar-refractivity contribution in [2.45, 2.75) is 39.2 Å². The van der Waals surface area contributed by atoms with Gasteiger partial charge in [-0.05, 0) is 96.3 Å². The molecular weight excluding hydrogens is 487 g/mol. The molecule has 1 amide bonds. The number of carbonyl (C=O) groups is 1. The number of amides is 1.